The van der Waals surface area contributed by atoms with E-state index in [9.17, 15) is 4.79 Å². The number of hydrogen-bond donors (Lipinski definition) is 2. The maximum Gasteiger partial charge on any atom is 0.255 e. The van der Waals surface area contributed by atoms with Crippen molar-refractivity contribution in [2.45, 2.75) is 24.7 Å². The number of amides is 1. The molecular weight excluding hydrogens is 394 g/mol. The summed E-state index contributed by atoms with van der Waals surface area (Å²) in [4.78, 5) is 25.0. The van der Waals surface area contributed by atoms with Gasteiger partial charge in [0.1, 0.15) is 5.82 Å². The molecule has 0 bridgehead atoms. The summed E-state index contributed by atoms with van der Waals surface area (Å²) in [5.74, 6) is 1.44. The second-order valence-corrected chi connectivity index (χ2v) is 8.15. The van der Waals surface area contributed by atoms with Crippen molar-refractivity contribution in [3.8, 4) is 0 Å². The molecule has 0 spiro atoms. The maximum atomic E-state index is 12.4. The van der Waals surface area contributed by atoms with Gasteiger partial charge in [-0.05, 0) is 74.6 Å². The summed E-state index contributed by atoms with van der Waals surface area (Å²) >= 11 is 1.65. The minimum atomic E-state index is -0.120. The molecule has 1 saturated heterocycles. The van der Waals surface area contributed by atoms with Crippen LogP contribution in [0.25, 0.3) is 0 Å². The molecule has 6 nitrogen and oxygen atoms in total. The molecular formula is C23H25N5OS. The van der Waals surface area contributed by atoms with Crippen molar-refractivity contribution in [1.82, 2.24) is 9.97 Å². The minimum absolute atomic E-state index is 0.120. The first-order valence-corrected chi connectivity index (χ1v) is 11.3. The van der Waals surface area contributed by atoms with Gasteiger partial charge in [-0.25, -0.2) is 4.98 Å². The fraction of sp³-hybridized carbons (Fsp3) is 0.261. The quantitative estimate of drug-likeness (QED) is 0.542. The lowest BCUT2D eigenvalue weighted by atomic mass is 10.2. The predicted octanol–water partition coefficient (Wildman–Crippen LogP) is 5.10. The molecule has 7 heteroatoms. The molecule has 0 saturated carbocycles. The van der Waals surface area contributed by atoms with Gasteiger partial charge in [-0.3, -0.25) is 4.79 Å². The van der Waals surface area contributed by atoms with Gasteiger partial charge in [-0.15, -0.1) is 11.8 Å². The number of anilines is 4. The molecule has 0 unspecified atom stereocenters. The number of hydrogen-bond acceptors (Lipinski definition) is 6. The van der Waals surface area contributed by atoms with Gasteiger partial charge in [0.25, 0.3) is 5.91 Å². The molecule has 0 radical (unpaired) electrons. The maximum absolute atomic E-state index is 12.4. The zero-order valence-corrected chi connectivity index (χ0v) is 18.0. The molecule has 1 aromatic heterocycles. The van der Waals surface area contributed by atoms with Gasteiger partial charge in [-0.1, -0.05) is 0 Å². The van der Waals surface area contributed by atoms with Crippen molar-refractivity contribution in [1.29, 1.82) is 0 Å². The normalized spacial score (nSPS) is 13.3. The summed E-state index contributed by atoms with van der Waals surface area (Å²) < 4.78 is 0. The topological polar surface area (TPSA) is 70.2 Å². The standard InChI is InChI=1S/C23H25N5OS/c1-16-15-21(27-23(24-16)28-13-3-4-14-28)25-18-7-9-19(10-8-18)26-22(29)17-5-11-20(30-2)12-6-17/h5-12,15H,3-4,13-14H2,1-2H3,(H,26,29)(H,24,25,27). The molecule has 1 aliphatic rings. The van der Waals surface area contributed by atoms with Crippen LogP contribution in [-0.4, -0.2) is 35.2 Å². The minimum Gasteiger partial charge on any atom is -0.341 e. The number of benzene rings is 2. The summed E-state index contributed by atoms with van der Waals surface area (Å²) in [6, 6.07) is 17.1. The van der Waals surface area contributed by atoms with E-state index in [1.54, 1.807) is 11.8 Å². The van der Waals surface area contributed by atoms with Crippen molar-refractivity contribution in [3.63, 3.8) is 0 Å². The third-order valence-corrected chi connectivity index (χ3v) is 5.74. The van der Waals surface area contributed by atoms with E-state index in [1.807, 2.05) is 67.8 Å². The van der Waals surface area contributed by atoms with Crippen LogP contribution in [0, 0.1) is 6.92 Å². The first-order valence-electron chi connectivity index (χ1n) is 10.0. The van der Waals surface area contributed by atoms with Gasteiger partial charge in [0.15, 0.2) is 0 Å². The van der Waals surface area contributed by atoms with Crippen LogP contribution in [0.2, 0.25) is 0 Å². The summed E-state index contributed by atoms with van der Waals surface area (Å²) in [7, 11) is 0. The monoisotopic (exact) mass is 419 g/mol. The van der Waals surface area contributed by atoms with Crippen molar-refractivity contribution in [2.24, 2.45) is 0 Å². The van der Waals surface area contributed by atoms with Gasteiger partial charge >= 0.3 is 0 Å². The van der Waals surface area contributed by atoms with Gasteiger partial charge in [-0.2, -0.15) is 4.98 Å². The molecule has 2 N–H and O–H groups in total. The lowest BCUT2D eigenvalue weighted by molar-refractivity contribution is 0.102. The number of carbonyl (C=O) groups is 1. The number of aryl methyl sites for hydroxylation is 1. The van der Waals surface area contributed by atoms with E-state index >= 15 is 0 Å². The van der Waals surface area contributed by atoms with E-state index in [4.69, 9.17) is 0 Å². The zero-order valence-electron chi connectivity index (χ0n) is 17.2. The highest BCUT2D eigenvalue weighted by Gasteiger charge is 2.16. The van der Waals surface area contributed by atoms with Crippen LogP contribution in [0.15, 0.2) is 59.5 Å². The Balaban J connectivity index is 1.41. The molecule has 1 fully saturated rings. The molecule has 2 heterocycles. The molecule has 0 aliphatic carbocycles. The molecule has 3 aromatic rings. The van der Waals surface area contributed by atoms with E-state index in [-0.39, 0.29) is 5.91 Å². The number of rotatable bonds is 6. The number of aromatic nitrogens is 2. The Hall–Kier alpha value is -3.06. The lowest BCUT2D eigenvalue weighted by Crippen LogP contribution is -2.21. The van der Waals surface area contributed by atoms with Crippen LogP contribution in [0.4, 0.5) is 23.1 Å². The first-order chi connectivity index (χ1) is 14.6. The molecule has 2 aromatic carbocycles. The Morgan fingerprint density at radius 3 is 2.30 bits per heavy atom. The van der Waals surface area contributed by atoms with Crippen LogP contribution < -0.4 is 15.5 Å². The second-order valence-electron chi connectivity index (χ2n) is 7.27. The van der Waals surface area contributed by atoms with Crippen LogP contribution in [0.5, 0.6) is 0 Å². The van der Waals surface area contributed by atoms with Crippen molar-refractivity contribution in [2.75, 3.05) is 34.9 Å². The summed E-state index contributed by atoms with van der Waals surface area (Å²) in [6.45, 7) is 4.01. The van der Waals surface area contributed by atoms with Crippen molar-refractivity contribution >= 4 is 40.8 Å². The SMILES string of the molecule is CSc1ccc(C(=O)Nc2ccc(Nc3cc(C)nc(N4CCCC4)n3)cc2)cc1. The molecule has 0 atom stereocenters. The van der Waals surface area contributed by atoms with Gasteiger partial charge in [0.2, 0.25) is 5.95 Å². The van der Waals surface area contributed by atoms with E-state index < -0.39 is 0 Å². The van der Waals surface area contributed by atoms with Crippen LogP contribution >= 0.6 is 11.8 Å². The average molecular weight is 420 g/mol. The van der Waals surface area contributed by atoms with Crippen molar-refractivity contribution < 1.29 is 4.79 Å². The number of thioether (sulfide) groups is 1. The summed E-state index contributed by atoms with van der Waals surface area (Å²) in [5, 5.41) is 6.28. The first kappa shape index (κ1) is 20.2. The Bertz CT molecular complexity index is 1010. The fourth-order valence-corrected chi connectivity index (χ4v) is 3.81. The Kier molecular flexibility index (Phi) is 6.18. The van der Waals surface area contributed by atoms with Gasteiger partial charge in [0.05, 0.1) is 0 Å². The van der Waals surface area contributed by atoms with Crippen LogP contribution in [0.3, 0.4) is 0 Å². The Labute approximate surface area is 181 Å². The Morgan fingerprint density at radius 1 is 0.967 bits per heavy atom. The van der Waals surface area contributed by atoms with E-state index in [0.29, 0.717) is 5.56 Å². The molecule has 30 heavy (non-hydrogen) atoms. The summed E-state index contributed by atoms with van der Waals surface area (Å²) in [6.07, 6.45) is 4.39. The molecule has 1 aliphatic heterocycles. The molecule has 1 amide bonds. The highest BCUT2D eigenvalue weighted by molar-refractivity contribution is 7.98. The van der Waals surface area contributed by atoms with Crippen molar-refractivity contribution in [3.05, 3.63) is 65.9 Å². The highest BCUT2D eigenvalue weighted by atomic mass is 32.2. The van der Waals surface area contributed by atoms with Crippen LogP contribution in [-0.2, 0) is 0 Å². The molecule has 154 valence electrons. The zero-order chi connectivity index (χ0) is 20.9. The molecule has 4 rings (SSSR count). The third-order valence-electron chi connectivity index (χ3n) is 5.00. The lowest BCUT2D eigenvalue weighted by Gasteiger charge is -2.17. The fourth-order valence-electron chi connectivity index (χ4n) is 3.41. The highest BCUT2D eigenvalue weighted by Crippen LogP contribution is 2.22. The van der Waals surface area contributed by atoms with E-state index in [0.717, 1.165) is 46.8 Å². The largest absolute Gasteiger partial charge is 0.341 e. The number of carbonyl (C=O) groups excluding carboxylic acids is 1. The smallest absolute Gasteiger partial charge is 0.255 e. The third kappa shape index (κ3) is 4.91. The van der Waals surface area contributed by atoms with Crippen LogP contribution in [0.1, 0.15) is 28.9 Å². The van der Waals surface area contributed by atoms with Gasteiger partial charge < -0.3 is 15.5 Å². The van der Waals surface area contributed by atoms with Gasteiger partial charge in [0, 0.05) is 46.7 Å². The van der Waals surface area contributed by atoms with E-state index in [2.05, 4.69) is 25.5 Å². The Morgan fingerprint density at radius 2 is 1.63 bits per heavy atom. The second kappa shape index (κ2) is 9.17. The summed E-state index contributed by atoms with van der Waals surface area (Å²) in [5.41, 5.74) is 3.23. The average Bonchev–Trinajstić information content (AvgIpc) is 3.30. The number of nitrogens with one attached hydrogen (secondary N) is 2. The number of nitrogens with zero attached hydrogens (tertiary/aromatic N) is 3. The van der Waals surface area contributed by atoms with E-state index in [1.165, 1.54) is 12.8 Å². The predicted molar refractivity (Wildman–Crippen MR) is 124 cm³/mol.